The van der Waals surface area contributed by atoms with Gasteiger partial charge < -0.3 is 14.5 Å². The van der Waals surface area contributed by atoms with E-state index in [1.54, 1.807) is 4.90 Å². The van der Waals surface area contributed by atoms with Gasteiger partial charge in [-0.3, -0.25) is 0 Å². The van der Waals surface area contributed by atoms with Crippen molar-refractivity contribution in [2.45, 2.75) is 24.3 Å². The van der Waals surface area contributed by atoms with Gasteiger partial charge >= 0.3 is 5.97 Å². The molecular weight excluding hydrogens is 404 g/mol. The van der Waals surface area contributed by atoms with Crippen LogP contribution in [-0.4, -0.2) is 63.6 Å². The van der Waals surface area contributed by atoms with Crippen molar-refractivity contribution in [2.75, 3.05) is 44.1 Å². The van der Waals surface area contributed by atoms with E-state index in [9.17, 15) is 13.2 Å². The lowest BCUT2D eigenvalue weighted by atomic mass is 10.4. The number of esters is 1. The Hall–Kier alpha value is -2.31. The van der Waals surface area contributed by atoms with Gasteiger partial charge in [0.05, 0.1) is 13.7 Å². The third-order valence-corrected chi connectivity index (χ3v) is 6.62. The van der Waals surface area contributed by atoms with Gasteiger partial charge in [0, 0.05) is 27.2 Å². The summed E-state index contributed by atoms with van der Waals surface area (Å²) < 4.78 is 32.4. The number of nitrogens with one attached hydrogen (secondary N) is 1. The van der Waals surface area contributed by atoms with E-state index in [0.29, 0.717) is 17.7 Å². The molecule has 0 unspecified atom stereocenters. The van der Waals surface area contributed by atoms with Gasteiger partial charge in [0.1, 0.15) is 9.77 Å². The van der Waals surface area contributed by atoms with Gasteiger partial charge in [-0.25, -0.2) is 17.9 Å². The molecule has 1 fully saturated rings. The van der Waals surface area contributed by atoms with Crippen molar-refractivity contribution in [3.8, 4) is 0 Å². The number of sulfonamides is 1. The maximum Gasteiger partial charge on any atom is 0.349 e. The van der Waals surface area contributed by atoms with Crippen LogP contribution < -0.4 is 14.5 Å². The molecule has 1 aliphatic rings. The van der Waals surface area contributed by atoms with Gasteiger partial charge in [-0.2, -0.15) is 15.0 Å². The standard InChI is InChI=1S/C16H22N6O4S2/c1-21(2)15-18-12(19-16(20-15)22-7-4-5-8-22)10-17-28(24,25)11-6-9-27-13(11)14(23)26-3/h6,9,17H,4-5,7-8,10H2,1-3H3. The Morgan fingerprint density at radius 1 is 1.29 bits per heavy atom. The number of ether oxygens (including phenoxy) is 1. The molecule has 0 bridgehead atoms. The van der Waals surface area contributed by atoms with Crippen LogP contribution in [0.4, 0.5) is 11.9 Å². The molecule has 1 aliphatic heterocycles. The molecule has 10 nitrogen and oxygen atoms in total. The summed E-state index contributed by atoms with van der Waals surface area (Å²) in [6, 6.07) is 1.37. The Kier molecular flexibility index (Phi) is 6.10. The molecule has 28 heavy (non-hydrogen) atoms. The zero-order valence-electron chi connectivity index (χ0n) is 15.9. The molecule has 1 N–H and O–H groups in total. The van der Waals surface area contributed by atoms with E-state index in [1.807, 2.05) is 14.1 Å². The number of hydrogen-bond acceptors (Lipinski definition) is 10. The fraction of sp³-hybridized carbons (Fsp3) is 0.500. The molecule has 12 heteroatoms. The molecule has 0 radical (unpaired) electrons. The van der Waals surface area contributed by atoms with Crippen LogP contribution in [0.2, 0.25) is 0 Å². The zero-order chi connectivity index (χ0) is 20.3. The predicted molar refractivity (Wildman–Crippen MR) is 105 cm³/mol. The number of thiophene rings is 1. The first-order valence-electron chi connectivity index (χ1n) is 8.64. The lowest BCUT2D eigenvalue weighted by Gasteiger charge is -2.19. The number of anilines is 2. The molecule has 0 spiro atoms. The average molecular weight is 427 g/mol. The number of hydrogen-bond donors (Lipinski definition) is 1. The molecule has 3 rings (SSSR count). The first kappa shape index (κ1) is 20.4. The molecule has 0 aliphatic carbocycles. The lowest BCUT2D eigenvalue weighted by molar-refractivity contribution is 0.0602. The highest BCUT2D eigenvalue weighted by Gasteiger charge is 2.25. The van der Waals surface area contributed by atoms with E-state index in [1.165, 1.54) is 18.6 Å². The second kappa shape index (κ2) is 8.37. The molecule has 2 aromatic heterocycles. The monoisotopic (exact) mass is 426 g/mol. The van der Waals surface area contributed by atoms with E-state index in [-0.39, 0.29) is 16.3 Å². The fourth-order valence-corrected chi connectivity index (χ4v) is 5.03. The van der Waals surface area contributed by atoms with Crippen LogP contribution in [0.5, 0.6) is 0 Å². The van der Waals surface area contributed by atoms with Crippen molar-refractivity contribution in [3.05, 3.63) is 22.1 Å². The third-order valence-electron chi connectivity index (χ3n) is 4.16. The second-order valence-electron chi connectivity index (χ2n) is 6.37. The Morgan fingerprint density at radius 3 is 2.64 bits per heavy atom. The lowest BCUT2D eigenvalue weighted by Crippen LogP contribution is -2.28. The van der Waals surface area contributed by atoms with E-state index in [0.717, 1.165) is 37.3 Å². The number of methoxy groups -OCH3 is 1. The Labute approximate surface area is 167 Å². The fourth-order valence-electron chi connectivity index (χ4n) is 2.72. The van der Waals surface area contributed by atoms with Crippen LogP contribution >= 0.6 is 11.3 Å². The summed E-state index contributed by atoms with van der Waals surface area (Å²) in [6.45, 7) is 1.60. The second-order valence-corrected chi connectivity index (χ2v) is 9.02. The number of carbonyl (C=O) groups is 1. The van der Waals surface area contributed by atoms with Crippen LogP contribution in [0.25, 0.3) is 0 Å². The normalized spacial score (nSPS) is 14.3. The Morgan fingerprint density at radius 2 is 2.00 bits per heavy atom. The minimum absolute atomic E-state index is 0.0254. The quantitative estimate of drug-likeness (QED) is 0.643. The van der Waals surface area contributed by atoms with Crippen LogP contribution in [0.15, 0.2) is 16.3 Å². The largest absolute Gasteiger partial charge is 0.465 e. The van der Waals surface area contributed by atoms with E-state index >= 15 is 0 Å². The molecule has 0 amide bonds. The summed E-state index contributed by atoms with van der Waals surface area (Å²) in [7, 11) is 0.895. The molecular formula is C16H22N6O4S2. The van der Waals surface area contributed by atoms with Gasteiger partial charge in [0.2, 0.25) is 21.9 Å². The van der Waals surface area contributed by atoms with Crippen molar-refractivity contribution < 1.29 is 17.9 Å². The summed E-state index contributed by atoms with van der Waals surface area (Å²) in [5, 5.41) is 1.53. The Balaban J connectivity index is 1.83. The highest BCUT2D eigenvalue weighted by Crippen LogP contribution is 2.23. The number of rotatable bonds is 7. The average Bonchev–Trinajstić information content (AvgIpc) is 3.37. The highest BCUT2D eigenvalue weighted by molar-refractivity contribution is 7.89. The molecule has 2 aromatic rings. The van der Waals surface area contributed by atoms with E-state index in [2.05, 4.69) is 29.3 Å². The SMILES string of the molecule is COC(=O)c1sccc1S(=O)(=O)NCc1nc(N(C)C)nc(N2CCCC2)n1. The highest BCUT2D eigenvalue weighted by atomic mass is 32.2. The molecule has 0 atom stereocenters. The zero-order valence-corrected chi connectivity index (χ0v) is 17.5. The summed E-state index contributed by atoms with van der Waals surface area (Å²) in [6.07, 6.45) is 2.14. The molecule has 0 aromatic carbocycles. The van der Waals surface area contributed by atoms with Crippen LogP contribution in [0.1, 0.15) is 28.3 Å². The van der Waals surface area contributed by atoms with Crippen molar-refractivity contribution in [2.24, 2.45) is 0 Å². The molecule has 1 saturated heterocycles. The minimum atomic E-state index is -3.93. The van der Waals surface area contributed by atoms with Crippen molar-refractivity contribution in [1.82, 2.24) is 19.7 Å². The molecule has 0 saturated carbocycles. The maximum absolute atomic E-state index is 12.7. The van der Waals surface area contributed by atoms with E-state index < -0.39 is 16.0 Å². The smallest absolute Gasteiger partial charge is 0.349 e. The van der Waals surface area contributed by atoms with E-state index in [4.69, 9.17) is 0 Å². The van der Waals surface area contributed by atoms with Gasteiger partial charge in [-0.05, 0) is 24.3 Å². The summed E-state index contributed by atoms with van der Waals surface area (Å²) >= 11 is 1.01. The van der Waals surface area contributed by atoms with Gasteiger partial charge in [0.15, 0.2) is 5.82 Å². The topological polar surface area (TPSA) is 118 Å². The Bertz CT molecular complexity index is 954. The van der Waals surface area contributed by atoms with Crippen LogP contribution in [-0.2, 0) is 21.3 Å². The summed E-state index contributed by atoms with van der Waals surface area (Å²) in [4.78, 5) is 28.7. The first-order valence-corrected chi connectivity index (χ1v) is 11.0. The summed E-state index contributed by atoms with van der Waals surface area (Å²) in [5.74, 6) is 0.605. The predicted octanol–water partition coefficient (Wildman–Crippen LogP) is 0.864. The maximum atomic E-state index is 12.7. The van der Waals surface area contributed by atoms with Gasteiger partial charge in [0.25, 0.3) is 0 Å². The van der Waals surface area contributed by atoms with Crippen molar-refractivity contribution in [1.29, 1.82) is 0 Å². The number of aromatic nitrogens is 3. The molecule has 3 heterocycles. The van der Waals surface area contributed by atoms with Crippen LogP contribution in [0.3, 0.4) is 0 Å². The first-order chi connectivity index (χ1) is 13.3. The summed E-state index contributed by atoms with van der Waals surface area (Å²) in [5.41, 5.74) is 0. The third kappa shape index (κ3) is 4.39. The van der Waals surface area contributed by atoms with Crippen LogP contribution in [0, 0.1) is 0 Å². The van der Waals surface area contributed by atoms with Gasteiger partial charge in [-0.15, -0.1) is 11.3 Å². The number of carbonyl (C=O) groups excluding carboxylic acids is 1. The van der Waals surface area contributed by atoms with Crippen molar-refractivity contribution >= 4 is 39.2 Å². The minimum Gasteiger partial charge on any atom is -0.465 e. The molecule has 152 valence electrons. The van der Waals surface area contributed by atoms with Gasteiger partial charge in [-0.1, -0.05) is 0 Å². The number of nitrogens with zero attached hydrogens (tertiary/aromatic N) is 5. The van der Waals surface area contributed by atoms with Crippen molar-refractivity contribution in [3.63, 3.8) is 0 Å².